The van der Waals surface area contributed by atoms with E-state index >= 15 is 0 Å². The molecule has 0 radical (unpaired) electrons. The van der Waals surface area contributed by atoms with Gasteiger partial charge in [-0.3, -0.25) is 4.79 Å². The largest absolute Gasteiger partial charge is 0.461 e. The van der Waals surface area contributed by atoms with Crippen LogP contribution in [0.15, 0.2) is 35.9 Å². The van der Waals surface area contributed by atoms with Crippen molar-refractivity contribution in [2.45, 2.75) is 64.1 Å². The van der Waals surface area contributed by atoms with Crippen molar-refractivity contribution in [3.05, 3.63) is 46.5 Å². The van der Waals surface area contributed by atoms with E-state index < -0.39 is 5.60 Å². The fourth-order valence-electron chi connectivity index (χ4n) is 6.69. The van der Waals surface area contributed by atoms with E-state index in [9.17, 15) is 9.90 Å². The van der Waals surface area contributed by atoms with Crippen LogP contribution >= 0.6 is 11.6 Å². The second-order valence-corrected chi connectivity index (χ2v) is 11.1. The third kappa shape index (κ3) is 3.85. The van der Waals surface area contributed by atoms with Gasteiger partial charge in [0.1, 0.15) is 6.10 Å². The number of benzene rings is 1. The lowest BCUT2D eigenvalue weighted by Crippen LogP contribution is -2.46. The highest BCUT2D eigenvalue weighted by Crippen LogP contribution is 2.54. The van der Waals surface area contributed by atoms with Gasteiger partial charge in [0.25, 0.3) is 0 Å². The first kappa shape index (κ1) is 21.5. The SMILES string of the molecule is C[C@H]1CCC[C@]2(C)C[C@H]3OC(=O)C(CN4CCC(O)(c5ccc(Cl)cc5)CC4)[C@H]3C=C12. The molecular weight excluding hydrogens is 410 g/mol. The number of hydrogen-bond donors (Lipinski definition) is 1. The van der Waals surface area contributed by atoms with Gasteiger partial charge in [-0.2, -0.15) is 0 Å². The molecule has 5 rings (SSSR count). The first-order chi connectivity index (χ1) is 14.8. The van der Waals surface area contributed by atoms with Crippen LogP contribution in [0.1, 0.15) is 57.9 Å². The van der Waals surface area contributed by atoms with Crippen LogP contribution in [-0.2, 0) is 15.1 Å². The fourth-order valence-corrected chi connectivity index (χ4v) is 6.82. The van der Waals surface area contributed by atoms with Crippen molar-refractivity contribution in [3.8, 4) is 0 Å². The van der Waals surface area contributed by atoms with Crippen molar-refractivity contribution in [1.29, 1.82) is 0 Å². The van der Waals surface area contributed by atoms with Crippen LogP contribution in [0.5, 0.6) is 0 Å². The molecule has 31 heavy (non-hydrogen) atoms. The third-order valence-corrected chi connectivity index (χ3v) is 8.85. The number of esters is 1. The second-order valence-electron chi connectivity index (χ2n) is 10.7. The molecule has 168 valence electrons. The molecule has 1 unspecified atom stereocenters. The molecule has 0 bridgehead atoms. The zero-order valence-electron chi connectivity index (χ0n) is 18.6. The summed E-state index contributed by atoms with van der Waals surface area (Å²) in [7, 11) is 0. The van der Waals surface area contributed by atoms with E-state index in [2.05, 4.69) is 24.8 Å². The summed E-state index contributed by atoms with van der Waals surface area (Å²) in [6.45, 7) is 7.01. The summed E-state index contributed by atoms with van der Waals surface area (Å²) >= 11 is 6.01. The van der Waals surface area contributed by atoms with Crippen LogP contribution in [-0.4, -0.2) is 41.7 Å². The van der Waals surface area contributed by atoms with Crippen LogP contribution in [0, 0.1) is 23.2 Å². The minimum absolute atomic E-state index is 0.0275. The number of fused-ring (bicyclic) bond motifs is 2. The van der Waals surface area contributed by atoms with Gasteiger partial charge in [0, 0.05) is 30.6 Å². The van der Waals surface area contributed by atoms with Gasteiger partial charge in [-0.15, -0.1) is 0 Å². The highest BCUT2D eigenvalue weighted by Gasteiger charge is 2.52. The van der Waals surface area contributed by atoms with E-state index in [0.29, 0.717) is 23.8 Å². The van der Waals surface area contributed by atoms with Crippen molar-refractivity contribution in [3.63, 3.8) is 0 Å². The van der Waals surface area contributed by atoms with E-state index in [0.717, 1.165) is 31.6 Å². The van der Waals surface area contributed by atoms with Crippen LogP contribution in [0.25, 0.3) is 0 Å². The topological polar surface area (TPSA) is 49.8 Å². The highest BCUT2D eigenvalue weighted by molar-refractivity contribution is 6.30. The van der Waals surface area contributed by atoms with Gasteiger partial charge in [-0.1, -0.05) is 55.7 Å². The number of ether oxygens (including phenoxy) is 1. The number of nitrogens with zero attached hydrogens (tertiary/aromatic N) is 1. The van der Waals surface area contributed by atoms with Crippen LogP contribution in [0.2, 0.25) is 5.02 Å². The van der Waals surface area contributed by atoms with Crippen molar-refractivity contribution in [2.75, 3.05) is 19.6 Å². The van der Waals surface area contributed by atoms with Gasteiger partial charge in [0.05, 0.1) is 11.5 Å². The Balaban J connectivity index is 1.28. The van der Waals surface area contributed by atoms with E-state index in [-0.39, 0.29) is 29.3 Å². The molecule has 4 nitrogen and oxygen atoms in total. The van der Waals surface area contributed by atoms with Crippen molar-refractivity contribution < 1.29 is 14.6 Å². The molecule has 1 N–H and O–H groups in total. The Kier molecular flexibility index (Phi) is 5.47. The lowest BCUT2D eigenvalue weighted by Gasteiger charge is -2.46. The Labute approximate surface area is 190 Å². The van der Waals surface area contributed by atoms with Gasteiger partial charge in [0.2, 0.25) is 0 Å². The van der Waals surface area contributed by atoms with Gasteiger partial charge >= 0.3 is 5.97 Å². The van der Waals surface area contributed by atoms with Gasteiger partial charge in [-0.05, 0) is 61.1 Å². The summed E-state index contributed by atoms with van der Waals surface area (Å²) in [4.78, 5) is 15.2. The summed E-state index contributed by atoms with van der Waals surface area (Å²) in [5.74, 6) is 0.701. The quantitative estimate of drug-likeness (QED) is 0.531. The van der Waals surface area contributed by atoms with E-state index in [4.69, 9.17) is 16.3 Å². The molecular formula is C26H34ClNO3. The normalized spacial score (nSPS) is 37.5. The number of rotatable bonds is 3. The average molecular weight is 444 g/mol. The molecule has 1 aromatic rings. The van der Waals surface area contributed by atoms with Gasteiger partial charge < -0.3 is 14.7 Å². The number of carbonyl (C=O) groups is 1. The third-order valence-electron chi connectivity index (χ3n) is 8.60. The summed E-state index contributed by atoms with van der Waals surface area (Å²) in [5.41, 5.74) is 1.89. The molecule has 0 spiro atoms. The Morgan fingerprint density at radius 1 is 1.19 bits per heavy atom. The number of hydrogen-bond acceptors (Lipinski definition) is 4. The number of allylic oxidation sites excluding steroid dienone is 1. The second kappa shape index (κ2) is 7.90. The molecule has 5 heteroatoms. The zero-order chi connectivity index (χ0) is 21.8. The molecule has 3 fully saturated rings. The Bertz CT molecular complexity index is 873. The Hall–Kier alpha value is -1.36. The van der Waals surface area contributed by atoms with Crippen molar-refractivity contribution >= 4 is 17.6 Å². The number of piperidine rings is 1. The highest BCUT2D eigenvalue weighted by atomic mass is 35.5. The minimum Gasteiger partial charge on any atom is -0.461 e. The van der Waals surface area contributed by atoms with Gasteiger partial charge in [-0.25, -0.2) is 0 Å². The fraction of sp³-hybridized carbons (Fsp3) is 0.654. The molecule has 0 aromatic heterocycles. The summed E-state index contributed by atoms with van der Waals surface area (Å²) < 4.78 is 5.92. The summed E-state index contributed by atoms with van der Waals surface area (Å²) in [6, 6.07) is 7.53. The molecule has 0 amide bonds. The van der Waals surface area contributed by atoms with Crippen LogP contribution in [0.3, 0.4) is 0 Å². The van der Waals surface area contributed by atoms with Crippen LogP contribution < -0.4 is 0 Å². The van der Waals surface area contributed by atoms with E-state index in [1.807, 2.05) is 24.3 Å². The minimum atomic E-state index is -0.814. The Morgan fingerprint density at radius 3 is 2.61 bits per heavy atom. The standard InChI is InChI=1S/C26H34ClNO3/c1-17-4-3-9-25(2)15-23-20(14-22(17)25)21(24(29)31-23)16-28-12-10-26(30,11-13-28)18-5-7-19(27)8-6-18/h5-8,14,17,20-21,23,30H,3-4,9-13,15-16H2,1-2H3/t17-,20+,21?,23+,25+/m0/s1. The number of carbonyl (C=O) groups excluding carboxylic acids is 1. The molecule has 2 heterocycles. The molecule has 2 aliphatic carbocycles. The maximum Gasteiger partial charge on any atom is 0.311 e. The van der Waals surface area contributed by atoms with Crippen LogP contribution in [0.4, 0.5) is 0 Å². The lowest BCUT2D eigenvalue weighted by atomic mass is 9.59. The van der Waals surface area contributed by atoms with E-state index in [1.54, 1.807) is 5.57 Å². The number of halogens is 1. The maximum absolute atomic E-state index is 12.8. The molecule has 2 aliphatic heterocycles. The average Bonchev–Trinajstić information content (AvgIpc) is 3.02. The Morgan fingerprint density at radius 2 is 1.90 bits per heavy atom. The summed E-state index contributed by atoms with van der Waals surface area (Å²) in [6.07, 6.45) is 8.52. The van der Waals surface area contributed by atoms with E-state index in [1.165, 1.54) is 19.3 Å². The number of likely N-dealkylation sites (tertiary alicyclic amines) is 1. The predicted octanol–water partition coefficient (Wildman–Crippen LogP) is 4.94. The first-order valence-electron chi connectivity index (χ1n) is 11.9. The molecule has 2 saturated heterocycles. The molecule has 1 aromatic carbocycles. The number of aliphatic hydroxyl groups is 1. The van der Waals surface area contributed by atoms with Gasteiger partial charge in [0.15, 0.2) is 0 Å². The molecule has 4 aliphatic rings. The molecule has 1 saturated carbocycles. The monoisotopic (exact) mass is 443 g/mol. The smallest absolute Gasteiger partial charge is 0.311 e. The first-order valence-corrected chi connectivity index (χ1v) is 12.3. The predicted molar refractivity (Wildman–Crippen MR) is 122 cm³/mol. The summed E-state index contributed by atoms with van der Waals surface area (Å²) in [5, 5.41) is 11.9. The lowest BCUT2D eigenvalue weighted by molar-refractivity contribution is -0.145. The maximum atomic E-state index is 12.8. The van der Waals surface area contributed by atoms with Crippen molar-refractivity contribution in [1.82, 2.24) is 4.90 Å². The zero-order valence-corrected chi connectivity index (χ0v) is 19.4. The van der Waals surface area contributed by atoms with Crippen molar-refractivity contribution in [2.24, 2.45) is 23.2 Å². The molecule has 5 atom stereocenters.